The Morgan fingerprint density at radius 2 is 1.37 bits per heavy atom. The summed E-state index contributed by atoms with van der Waals surface area (Å²) < 4.78 is 18.3. The number of hydrogen-bond acceptors (Lipinski definition) is 6. The van der Waals surface area contributed by atoms with Crippen LogP contribution in [-0.2, 0) is 20.5 Å². The predicted octanol–water partition coefficient (Wildman–Crippen LogP) is 4.84. The Morgan fingerprint density at radius 3 is 1.86 bits per heavy atom. The molecular weight excluding hydrogens is 560 g/mol. The molecule has 3 atom stereocenters. The van der Waals surface area contributed by atoms with E-state index in [1.807, 2.05) is 66.7 Å². The van der Waals surface area contributed by atoms with Crippen molar-refractivity contribution in [3.63, 3.8) is 0 Å². The lowest BCUT2D eigenvalue weighted by atomic mass is 10.1. The van der Waals surface area contributed by atoms with E-state index < -0.39 is 44.3 Å². The van der Waals surface area contributed by atoms with Gasteiger partial charge in [0.1, 0.15) is 12.2 Å². The summed E-state index contributed by atoms with van der Waals surface area (Å²) in [5, 5.41) is 15.9. The molecule has 0 unspecified atom stereocenters. The third-order valence-electron chi connectivity index (χ3n) is 7.63. The predicted molar refractivity (Wildman–Crippen MR) is 170 cm³/mol. The van der Waals surface area contributed by atoms with Crippen LogP contribution < -0.4 is 15.7 Å². The molecule has 1 fully saturated rings. The number of amides is 2. The van der Waals surface area contributed by atoms with E-state index in [1.165, 1.54) is 4.90 Å². The summed E-state index contributed by atoms with van der Waals surface area (Å²) >= 11 is 0. The summed E-state index contributed by atoms with van der Waals surface area (Å²) in [6, 6.07) is 28.2. The summed E-state index contributed by atoms with van der Waals surface area (Å²) in [5.74, 6) is 0. The summed E-state index contributed by atoms with van der Waals surface area (Å²) in [6.07, 6.45) is -2.32. The molecule has 9 heteroatoms. The minimum Gasteiger partial charge on any atom is -0.445 e. The fourth-order valence-electron chi connectivity index (χ4n) is 5.69. The SMILES string of the molecule is CC(C)(C)OC(=O)N1C[C@H](O)[C@H](NC(=O)OCc2ccccc2)[C@H]1CO[Si](c1ccccc1)(c1ccccc1)C(C)(C)C. The van der Waals surface area contributed by atoms with Gasteiger partial charge >= 0.3 is 12.2 Å². The first-order valence-corrected chi connectivity index (χ1v) is 16.6. The van der Waals surface area contributed by atoms with Gasteiger partial charge in [0.15, 0.2) is 0 Å². The highest BCUT2D eigenvalue weighted by molar-refractivity contribution is 6.99. The average molecular weight is 605 g/mol. The van der Waals surface area contributed by atoms with E-state index >= 15 is 0 Å². The summed E-state index contributed by atoms with van der Waals surface area (Å²) in [5.41, 5.74) is 0.0949. The van der Waals surface area contributed by atoms with E-state index in [2.05, 4.69) is 50.4 Å². The molecule has 2 N–H and O–H groups in total. The minimum atomic E-state index is -2.98. The number of alkyl carbamates (subject to hydrolysis) is 1. The molecule has 3 aromatic carbocycles. The van der Waals surface area contributed by atoms with Crippen LogP contribution >= 0.6 is 0 Å². The van der Waals surface area contributed by atoms with Crippen molar-refractivity contribution < 1.29 is 28.6 Å². The normalized spacial score (nSPS) is 19.1. The van der Waals surface area contributed by atoms with E-state index in [4.69, 9.17) is 13.9 Å². The molecule has 0 radical (unpaired) electrons. The molecule has 8 nitrogen and oxygen atoms in total. The van der Waals surface area contributed by atoms with Gasteiger partial charge in [-0.25, -0.2) is 9.59 Å². The number of aliphatic hydroxyl groups excluding tert-OH is 1. The van der Waals surface area contributed by atoms with Gasteiger partial charge in [0.05, 0.1) is 31.3 Å². The summed E-state index contributed by atoms with van der Waals surface area (Å²) in [6.45, 7) is 12.0. The van der Waals surface area contributed by atoms with Crippen molar-refractivity contribution in [3.05, 3.63) is 96.6 Å². The van der Waals surface area contributed by atoms with Crippen LogP contribution in [0.25, 0.3) is 0 Å². The number of β-amino-alcohol motifs (C(OH)–C–C–N with tert-alkyl or cyclic N) is 1. The molecule has 43 heavy (non-hydrogen) atoms. The van der Waals surface area contributed by atoms with Crippen molar-refractivity contribution >= 4 is 30.9 Å². The molecule has 2 amide bonds. The maximum absolute atomic E-state index is 13.4. The third-order valence-corrected chi connectivity index (χ3v) is 12.6. The fraction of sp³-hybridized carbons (Fsp3) is 0.412. The molecule has 1 aliphatic heterocycles. The Bertz CT molecular complexity index is 1300. The van der Waals surface area contributed by atoms with Gasteiger partial charge in [-0.15, -0.1) is 0 Å². The van der Waals surface area contributed by atoms with Gasteiger partial charge in [0, 0.05) is 0 Å². The topological polar surface area (TPSA) is 97.3 Å². The lowest BCUT2D eigenvalue weighted by molar-refractivity contribution is 0.0159. The number of carbonyl (C=O) groups is 2. The second-order valence-corrected chi connectivity index (χ2v) is 17.3. The monoisotopic (exact) mass is 604 g/mol. The number of nitrogens with zero attached hydrogens (tertiary/aromatic N) is 1. The van der Waals surface area contributed by atoms with Gasteiger partial charge in [-0.05, 0) is 41.7 Å². The van der Waals surface area contributed by atoms with Crippen LogP contribution in [0.15, 0.2) is 91.0 Å². The van der Waals surface area contributed by atoms with Crippen LogP contribution in [0.4, 0.5) is 9.59 Å². The number of carbonyl (C=O) groups excluding carboxylic acids is 2. The number of likely N-dealkylation sites (tertiary alicyclic amines) is 1. The molecule has 0 spiro atoms. The highest BCUT2D eigenvalue weighted by Gasteiger charge is 2.53. The average Bonchev–Trinajstić information content (AvgIpc) is 3.27. The Kier molecular flexibility index (Phi) is 9.99. The smallest absolute Gasteiger partial charge is 0.410 e. The van der Waals surface area contributed by atoms with Crippen molar-refractivity contribution in [2.24, 2.45) is 0 Å². The van der Waals surface area contributed by atoms with Crippen LogP contribution in [0.3, 0.4) is 0 Å². The van der Waals surface area contributed by atoms with Gasteiger partial charge in [-0.2, -0.15) is 0 Å². The molecule has 4 rings (SSSR count). The highest BCUT2D eigenvalue weighted by Crippen LogP contribution is 2.37. The highest BCUT2D eigenvalue weighted by atomic mass is 28.4. The van der Waals surface area contributed by atoms with E-state index in [0.717, 1.165) is 15.9 Å². The van der Waals surface area contributed by atoms with Gasteiger partial charge < -0.3 is 24.3 Å². The van der Waals surface area contributed by atoms with Crippen molar-refractivity contribution in [2.75, 3.05) is 13.2 Å². The Morgan fingerprint density at radius 1 is 0.860 bits per heavy atom. The molecule has 1 saturated heterocycles. The number of aliphatic hydroxyl groups is 1. The quantitative estimate of drug-likeness (QED) is 0.358. The largest absolute Gasteiger partial charge is 0.445 e. The van der Waals surface area contributed by atoms with E-state index in [0.29, 0.717) is 0 Å². The van der Waals surface area contributed by atoms with Gasteiger partial charge in [-0.1, -0.05) is 112 Å². The second kappa shape index (κ2) is 13.3. The lowest BCUT2D eigenvalue weighted by Crippen LogP contribution is -2.68. The Hall–Kier alpha value is -3.66. The first-order valence-electron chi connectivity index (χ1n) is 14.7. The molecular formula is C34H44N2O6Si. The number of ether oxygens (including phenoxy) is 2. The fourth-order valence-corrected chi connectivity index (χ4v) is 10.3. The summed E-state index contributed by atoms with van der Waals surface area (Å²) in [4.78, 5) is 27.9. The van der Waals surface area contributed by atoms with Crippen LogP contribution in [0.2, 0.25) is 5.04 Å². The van der Waals surface area contributed by atoms with Crippen molar-refractivity contribution in [3.8, 4) is 0 Å². The molecule has 3 aromatic rings. The standard InChI is InChI=1S/C34H44N2O6Si/c1-33(2,3)42-32(39)36-22-29(37)30(35-31(38)40-23-25-16-10-7-11-17-25)28(36)24-41-43(34(4,5)6,26-18-12-8-13-19-26)27-20-14-9-15-21-27/h7-21,28-30,37H,22-24H2,1-6H3,(H,35,38)/t28-,29+,30-/m1/s1. The molecule has 1 heterocycles. The first kappa shape index (κ1) is 32.3. The van der Waals surface area contributed by atoms with Crippen LogP contribution in [0.1, 0.15) is 47.1 Å². The zero-order chi connectivity index (χ0) is 31.3. The maximum Gasteiger partial charge on any atom is 0.410 e. The lowest BCUT2D eigenvalue weighted by Gasteiger charge is -2.44. The van der Waals surface area contributed by atoms with Crippen LogP contribution in [0.5, 0.6) is 0 Å². The molecule has 0 aromatic heterocycles. The number of hydrogen-bond donors (Lipinski definition) is 2. The zero-order valence-corrected chi connectivity index (χ0v) is 26.9. The van der Waals surface area contributed by atoms with Crippen LogP contribution in [-0.4, -0.2) is 67.5 Å². The molecule has 0 aliphatic carbocycles. The number of benzene rings is 3. The van der Waals surface area contributed by atoms with Crippen LogP contribution in [0, 0.1) is 0 Å². The van der Waals surface area contributed by atoms with Gasteiger partial charge in [0.25, 0.3) is 8.32 Å². The van der Waals surface area contributed by atoms with E-state index in [-0.39, 0.29) is 24.8 Å². The number of rotatable bonds is 8. The third kappa shape index (κ3) is 7.65. The summed E-state index contributed by atoms with van der Waals surface area (Å²) in [7, 11) is -2.98. The van der Waals surface area contributed by atoms with Gasteiger partial charge in [0.2, 0.25) is 0 Å². The maximum atomic E-state index is 13.4. The molecule has 230 valence electrons. The van der Waals surface area contributed by atoms with E-state index in [1.54, 1.807) is 20.8 Å². The van der Waals surface area contributed by atoms with E-state index in [9.17, 15) is 14.7 Å². The van der Waals surface area contributed by atoms with Crippen molar-refractivity contribution in [1.82, 2.24) is 10.2 Å². The van der Waals surface area contributed by atoms with Crippen molar-refractivity contribution in [2.45, 2.75) is 77.0 Å². The first-order chi connectivity index (χ1) is 20.3. The second-order valence-electron chi connectivity index (χ2n) is 13.0. The minimum absolute atomic E-state index is 0.0205. The zero-order valence-electron chi connectivity index (χ0n) is 25.9. The number of nitrogens with one attached hydrogen (secondary N) is 1. The molecule has 1 aliphatic rings. The molecule has 0 bridgehead atoms. The van der Waals surface area contributed by atoms with Gasteiger partial charge in [-0.3, -0.25) is 4.90 Å². The Labute approximate surface area is 256 Å². The Balaban J connectivity index is 1.67. The molecule has 0 saturated carbocycles. The van der Waals surface area contributed by atoms with Crippen molar-refractivity contribution in [1.29, 1.82) is 0 Å².